The summed E-state index contributed by atoms with van der Waals surface area (Å²) in [6.45, 7) is 0. The smallest absolute Gasteiger partial charge is 0.418 e. The topological polar surface area (TPSA) is 54.9 Å². The number of ether oxygens (including phenoxy) is 2. The first kappa shape index (κ1) is 19.5. The fourth-order valence-electron chi connectivity index (χ4n) is 2.06. The summed E-state index contributed by atoms with van der Waals surface area (Å²) in [5.41, 5.74) is 2.16. The van der Waals surface area contributed by atoms with E-state index in [-0.39, 0.29) is 10.8 Å². The average molecular weight is 383 g/mol. The van der Waals surface area contributed by atoms with Crippen molar-refractivity contribution in [3.05, 3.63) is 53.6 Å². The van der Waals surface area contributed by atoms with Gasteiger partial charge in [0.25, 0.3) is 0 Å². The summed E-state index contributed by atoms with van der Waals surface area (Å²) in [4.78, 5) is 0. The summed E-state index contributed by atoms with van der Waals surface area (Å²) in [6, 6.07) is 10.2. The van der Waals surface area contributed by atoms with Gasteiger partial charge in [0.1, 0.15) is 11.5 Å². The van der Waals surface area contributed by atoms with Crippen molar-refractivity contribution in [2.75, 3.05) is 19.5 Å². The molecule has 0 aliphatic carbocycles. The molecule has 0 unspecified atom stereocenters. The molecule has 2 aromatic rings. The van der Waals surface area contributed by atoms with E-state index in [1.165, 1.54) is 38.6 Å². The van der Waals surface area contributed by atoms with E-state index in [4.69, 9.17) is 21.7 Å². The van der Waals surface area contributed by atoms with Gasteiger partial charge in [-0.1, -0.05) is 12.1 Å². The molecule has 26 heavy (non-hydrogen) atoms. The van der Waals surface area contributed by atoms with Gasteiger partial charge in [0.05, 0.1) is 31.7 Å². The number of para-hydroxylation sites is 1. The zero-order valence-corrected chi connectivity index (χ0v) is 14.7. The van der Waals surface area contributed by atoms with Crippen molar-refractivity contribution in [1.29, 1.82) is 0 Å². The Morgan fingerprint density at radius 1 is 1.08 bits per heavy atom. The van der Waals surface area contributed by atoms with Gasteiger partial charge < -0.3 is 14.8 Å². The van der Waals surface area contributed by atoms with Gasteiger partial charge in [-0.3, -0.25) is 5.43 Å². The van der Waals surface area contributed by atoms with Gasteiger partial charge in [-0.25, -0.2) is 0 Å². The fraction of sp³-hybridized carbons (Fsp3) is 0.176. The molecule has 9 heteroatoms. The van der Waals surface area contributed by atoms with Gasteiger partial charge in [-0.05, 0) is 36.5 Å². The number of halogens is 3. The van der Waals surface area contributed by atoms with Crippen molar-refractivity contribution < 1.29 is 22.6 Å². The lowest BCUT2D eigenvalue weighted by molar-refractivity contribution is -0.136. The van der Waals surface area contributed by atoms with Gasteiger partial charge in [0, 0.05) is 11.6 Å². The summed E-state index contributed by atoms with van der Waals surface area (Å²) < 4.78 is 49.2. The van der Waals surface area contributed by atoms with Crippen LogP contribution in [0, 0.1) is 0 Å². The number of benzene rings is 2. The number of hydrogen-bond acceptors (Lipinski definition) is 4. The maximum absolute atomic E-state index is 13.0. The molecule has 0 atom stereocenters. The summed E-state index contributed by atoms with van der Waals surface area (Å²) in [7, 11) is 3.04. The molecular formula is C17H16F3N3O2S. The lowest BCUT2D eigenvalue weighted by Gasteiger charge is -2.14. The van der Waals surface area contributed by atoms with E-state index in [1.807, 2.05) is 0 Å². The Morgan fingerprint density at radius 3 is 2.27 bits per heavy atom. The van der Waals surface area contributed by atoms with Crippen LogP contribution >= 0.6 is 12.2 Å². The number of hydrazone groups is 1. The maximum atomic E-state index is 13.0. The Morgan fingerprint density at radius 2 is 1.69 bits per heavy atom. The van der Waals surface area contributed by atoms with Gasteiger partial charge in [0.15, 0.2) is 5.11 Å². The zero-order chi connectivity index (χ0) is 19.2. The molecule has 0 radical (unpaired) electrons. The molecule has 0 fully saturated rings. The van der Waals surface area contributed by atoms with E-state index >= 15 is 0 Å². The number of anilines is 1. The third kappa shape index (κ3) is 5.35. The lowest BCUT2D eigenvalue weighted by Crippen LogP contribution is -2.25. The maximum Gasteiger partial charge on any atom is 0.418 e. The highest BCUT2D eigenvalue weighted by Crippen LogP contribution is 2.34. The number of nitrogens with one attached hydrogen (secondary N) is 2. The van der Waals surface area contributed by atoms with Crippen molar-refractivity contribution in [2.24, 2.45) is 5.10 Å². The van der Waals surface area contributed by atoms with Gasteiger partial charge in [-0.2, -0.15) is 18.3 Å². The first-order valence-corrected chi connectivity index (χ1v) is 7.73. The molecule has 0 amide bonds. The first-order valence-electron chi connectivity index (χ1n) is 7.33. The van der Waals surface area contributed by atoms with E-state index in [0.29, 0.717) is 17.1 Å². The highest BCUT2D eigenvalue weighted by Gasteiger charge is 2.33. The van der Waals surface area contributed by atoms with E-state index < -0.39 is 11.7 Å². The fourth-order valence-corrected chi connectivity index (χ4v) is 2.22. The number of thiocarbonyl (C=S) groups is 1. The summed E-state index contributed by atoms with van der Waals surface area (Å²) in [5.74, 6) is 1.15. The molecule has 2 aromatic carbocycles. The first-order chi connectivity index (χ1) is 12.3. The minimum absolute atomic E-state index is 0.0761. The van der Waals surface area contributed by atoms with Crippen LogP contribution < -0.4 is 20.2 Å². The minimum Gasteiger partial charge on any atom is -0.497 e. The van der Waals surface area contributed by atoms with Crippen molar-refractivity contribution in [3.63, 3.8) is 0 Å². The monoisotopic (exact) mass is 383 g/mol. The molecule has 2 rings (SSSR count). The number of hydrogen-bond donors (Lipinski definition) is 2. The molecular weight excluding hydrogens is 367 g/mol. The standard InChI is InChI=1S/C17H16F3N3O2S/c1-24-12-7-11(8-13(9-12)25-2)10-21-23-16(26)22-15-6-4-3-5-14(15)17(18,19)20/h3-10H,1-2H3,(H2,22,23,26)/b21-10-. The summed E-state index contributed by atoms with van der Waals surface area (Å²) in [6.07, 6.45) is -3.05. The van der Waals surface area contributed by atoms with Crippen LogP contribution in [0.15, 0.2) is 47.6 Å². The number of methoxy groups -OCH3 is 2. The minimum atomic E-state index is -4.49. The van der Waals surface area contributed by atoms with Crippen molar-refractivity contribution in [3.8, 4) is 11.5 Å². The molecule has 0 saturated heterocycles. The third-order valence-corrected chi connectivity index (χ3v) is 3.43. The predicted octanol–water partition coefficient (Wildman–Crippen LogP) is 4.04. The molecule has 0 aliphatic heterocycles. The van der Waals surface area contributed by atoms with Crippen LogP contribution in [-0.2, 0) is 6.18 Å². The molecule has 0 heterocycles. The third-order valence-electron chi connectivity index (χ3n) is 3.23. The van der Waals surface area contributed by atoms with E-state index in [0.717, 1.165) is 6.07 Å². The Bertz CT molecular complexity index is 788. The Hall–Kier alpha value is -2.81. The quantitative estimate of drug-likeness (QED) is 0.464. The molecule has 0 bridgehead atoms. The average Bonchev–Trinajstić information content (AvgIpc) is 2.60. The van der Waals surface area contributed by atoms with Gasteiger partial charge in [-0.15, -0.1) is 0 Å². The van der Waals surface area contributed by atoms with Crippen molar-refractivity contribution >= 4 is 29.2 Å². The lowest BCUT2D eigenvalue weighted by atomic mass is 10.2. The Balaban J connectivity index is 2.05. The predicted molar refractivity (Wildman–Crippen MR) is 97.9 cm³/mol. The SMILES string of the molecule is COc1cc(/C=N\NC(=S)Nc2ccccc2C(F)(F)F)cc(OC)c1. The second-order valence-electron chi connectivity index (χ2n) is 5.01. The molecule has 5 nitrogen and oxygen atoms in total. The van der Waals surface area contributed by atoms with Crippen LogP contribution in [0.3, 0.4) is 0 Å². The van der Waals surface area contributed by atoms with Crippen LogP contribution in [-0.4, -0.2) is 25.5 Å². The Kier molecular flexibility index (Phi) is 6.40. The largest absolute Gasteiger partial charge is 0.497 e. The van der Waals surface area contributed by atoms with E-state index in [1.54, 1.807) is 18.2 Å². The van der Waals surface area contributed by atoms with Gasteiger partial charge >= 0.3 is 6.18 Å². The van der Waals surface area contributed by atoms with Crippen molar-refractivity contribution in [1.82, 2.24) is 5.43 Å². The number of rotatable bonds is 5. The zero-order valence-electron chi connectivity index (χ0n) is 13.9. The van der Waals surface area contributed by atoms with Crippen LogP contribution in [0.4, 0.5) is 18.9 Å². The molecule has 2 N–H and O–H groups in total. The second kappa shape index (κ2) is 8.52. The van der Waals surface area contributed by atoms with Crippen LogP contribution in [0.5, 0.6) is 11.5 Å². The summed E-state index contributed by atoms with van der Waals surface area (Å²) in [5, 5.41) is 6.32. The normalized spacial score (nSPS) is 11.3. The van der Waals surface area contributed by atoms with E-state index in [2.05, 4.69) is 15.8 Å². The molecule has 0 aliphatic rings. The second-order valence-corrected chi connectivity index (χ2v) is 5.42. The summed E-state index contributed by atoms with van der Waals surface area (Å²) >= 11 is 4.98. The van der Waals surface area contributed by atoms with Crippen LogP contribution in [0.25, 0.3) is 0 Å². The van der Waals surface area contributed by atoms with Gasteiger partial charge in [0.2, 0.25) is 0 Å². The van der Waals surface area contributed by atoms with E-state index in [9.17, 15) is 13.2 Å². The Labute approximate surface area is 153 Å². The highest BCUT2D eigenvalue weighted by molar-refractivity contribution is 7.80. The molecule has 0 saturated carbocycles. The van der Waals surface area contributed by atoms with Crippen LogP contribution in [0.2, 0.25) is 0 Å². The molecule has 0 spiro atoms. The highest BCUT2D eigenvalue weighted by atomic mass is 32.1. The number of nitrogens with zero attached hydrogens (tertiary/aromatic N) is 1. The van der Waals surface area contributed by atoms with Crippen molar-refractivity contribution in [2.45, 2.75) is 6.18 Å². The molecule has 0 aromatic heterocycles. The van der Waals surface area contributed by atoms with Crippen LogP contribution in [0.1, 0.15) is 11.1 Å². The number of alkyl halides is 3. The molecule has 138 valence electrons.